The standard InChI is InChI=1S/C18H23ClN4O3S3/c1-2-11-27-18-22-21-17(28-18)20-16(24)13-7-9-23(10-8-13)29(25,26)12-14-5-3-4-6-15(14)19/h3-6,13H,2,7-12H2,1H3,(H,20,21,24). The van der Waals surface area contributed by atoms with Gasteiger partial charge in [0.25, 0.3) is 0 Å². The molecule has 1 saturated heterocycles. The third-order valence-corrected chi connectivity index (χ3v) is 8.95. The quantitative estimate of drug-likeness (QED) is 0.461. The lowest BCUT2D eigenvalue weighted by molar-refractivity contribution is -0.120. The van der Waals surface area contributed by atoms with E-state index in [1.807, 2.05) is 0 Å². The summed E-state index contributed by atoms with van der Waals surface area (Å²) < 4.78 is 27.7. The molecule has 1 aromatic heterocycles. The van der Waals surface area contributed by atoms with Crippen molar-refractivity contribution in [2.45, 2.75) is 36.3 Å². The Morgan fingerprint density at radius 1 is 1.31 bits per heavy atom. The van der Waals surface area contributed by atoms with Crippen molar-refractivity contribution in [2.75, 3.05) is 24.2 Å². The summed E-state index contributed by atoms with van der Waals surface area (Å²) in [5, 5.41) is 11.8. The predicted octanol–water partition coefficient (Wildman–Crippen LogP) is 3.87. The van der Waals surface area contributed by atoms with Gasteiger partial charge >= 0.3 is 0 Å². The molecule has 0 spiro atoms. The molecule has 7 nitrogen and oxygen atoms in total. The molecule has 0 bridgehead atoms. The maximum absolute atomic E-state index is 12.7. The van der Waals surface area contributed by atoms with Crippen LogP contribution in [-0.2, 0) is 20.6 Å². The molecule has 29 heavy (non-hydrogen) atoms. The van der Waals surface area contributed by atoms with Crippen molar-refractivity contribution in [3.63, 3.8) is 0 Å². The van der Waals surface area contributed by atoms with Gasteiger partial charge in [-0.05, 0) is 30.9 Å². The van der Waals surface area contributed by atoms with Gasteiger partial charge in [0.2, 0.25) is 21.1 Å². The van der Waals surface area contributed by atoms with Gasteiger partial charge in [-0.1, -0.05) is 59.8 Å². The minimum absolute atomic E-state index is 0.128. The molecule has 1 aromatic carbocycles. The summed E-state index contributed by atoms with van der Waals surface area (Å²) in [5.41, 5.74) is 0.585. The largest absolute Gasteiger partial charge is 0.300 e. The Balaban J connectivity index is 1.52. The minimum atomic E-state index is -3.48. The second kappa shape index (κ2) is 10.2. The molecule has 1 fully saturated rings. The van der Waals surface area contributed by atoms with Gasteiger partial charge in [0.1, 0.15) is 0 Å². The van der Waals surface area contributed by atoms with Crippen molar-refractivity contribution < 1.29 is 13.2 Å². The first-order chi connectivity index (χ1) is 13.9. The van der Waals surface area contributed by atoms with E-state index < -0.39 is 10.0 Å². The number of thioether (sulfide) groups is 1. The third-order valence-electron chi connectivity index (χ3n) is 4.58. The normalized spacial score (nSPS) is 16.1. The van der Waals surface area contributed by atoms with Crippen LogP contribution in [0.25, 0.3) is 0 Å². The van der Waals surface area contributed by atoms with Crippen LogP contribution in [0.4, 0.5) is 5.13 Å². The van der Waals surface area contributed by atoms with E-state index in [0.717, 1.165) is 16.5 Å². The number of aromatic nitrogens is 2. The fourth-order valence-corrected chi connectivity index (χ4v) is 6.57. The maximum atomic E-state index is 12.7. The molecule has 1 aliphatic heterocycles. The molecular formula is C18H23ClN4O3S3. The second-order valence-corrected chi connectivity index (χ2v) is 11.4. The summed E-state index contributed by atoms with van der Waals surface area (Å²) >= 11 is 9.08. The SMILES string of the molecule is CCCSc1nnc(NC(=O)C2CCN(S(=O)(=O)Cc3ccccc3Cl)CC2)s1. The lowest BCUT2D eigenvalue weighted by atomic mass is 9.97. The molecule has 11 heteroatoms. The van der Waals surface area contributed by atoms with Gasteiger partial charge in [0, 0.05) is 29.8 Å². The fraction of sp³-hybridized carbons (Fsp3) is 0.500. The van der Waals surface area contributed by atoms with E-state index >= 15 is 0 Å². The van der Waals surface area contributed by atoms with Crippen LogP contribution >= 0.6 is 34.7 Å². The number of carbonyl (C=O) groups excluding carboxylic acids is 1. The number of hydrogen-bond donors (Lipinski definition) is 1. The molecule has 158 valence electrons. The van der Waals surface area contributed by atoms with Crippen molar-refractivity contribution in [1.82, 2.24) is 14.5 Å². The van der Waals surface area contributed by atoms with Crippen molar-refractivity contribution in [1.29, 1.82) is 0 Å². The van der Waals surface area contributed by atoms with Crippen molar-refractivity contribution in [3.05, 3.63) is 34.9 Å². The van der Waals surface area contributed by atoms with Crippen LogP contribution in [0.3, 0.4) is 0 Å². The summed E-state index contributed by atoms with van der Waals surface area (Å²) in [5.74, 6) is 0.463. The number of carbonyl (C=O) groups is 1. The highest BCUT2D eigenvalue weighted by Gasteiger charge is 2.31. The summed E-state index contributed by atoms with van der Waals surface area (Å²) in [7, 11) is -3.48. The number of sulfonamides is 1. The van der Waals surface area contributed by atoms with Gasteiger partial charge in [-0.25, -0.2) is 12.7 Å². The Morgan fingerprint density at radius 2 is 2.03 bits per heavy atom. The van der Waals surface area contributed by atoms with Gasteiger partial charge in [0.15, 0.2) is 4.34 Å². The van der Waals surface area contributed by atoms with Crippen LogP contribution in [0.5, 0.6) is 0 Å². The molecule has 0 aliphatic carbocycles. The Labute approximate surface area is 184 Å². The van der Waals surface area contributed by atoms with Crippen LogP contribution in [0.2, 0.25) is 5.02 Å². The van der Waals surface area contributed by atoms with E-state index in [2.05, 4.69) is 22.4 Å². The van der Waals surface area contributed by atoms with E-state index in [4.69, 9.17) is 11.6 Å². The van der Waals surface area contributed by atoms with E-state index in [1.165, 1.54) is 15.6 Å². The van der Waals surface area contributed by atoms with Gasteiger partial charge in [-0.15, -0.1) is 10.2 Å². The fourth-order valence-electron chi connectivity index (χ4n) is 3.01. The zero-order chi connectivity index (χ0) is 20.9. The Morgan fingerprint density at radius 3 is 2.72 bits per heavy atom. The number of hydrogen-bond acceptors (Lipinski definition) is 7. The number of benzene rings is 1. The molecule has 0 radical (unpaired) electrons. The van der Waals surface area contributed by atoms with E-state index in [1.54, 1.807) is 36.0 Å². The third kappa shape index (κ3) is 6.14. The number of nitrogens with one attached hydrogen (secondary N) is 1. The molecule has 1 aliphatic rings. The van der Waals surface area contributed by atoms with Gasteiger partial charge < -0.3 is 5.32 Å². The second-order valence-electron chi connectivity index (χ2n) is 6.73. The Kier molecular flexibility index (Phi) is 7.92. The Bertz CT molecular complexity index is 943. The highest BCUT2D eigenvalue weighted by molar-refractivity contribution is 8.01. The van der Waals surface area contributed by atoms with Crippen molar-refractivity contribution in [3.8, 4) is 0 Å². The van der Waals surface area contributed by atoms with Crippen LogP contribution in [-0.4, -0.2) is 47.7 Å². The van der Waals surface area contributed by atoms with Crippen LogP contribution < -0.4 is 5.32 Å². The van der Waals surface area contributed by atoms with Gasteiger partial charge in [-0.3, -0.25) is 4.79 Å². The van der Waals surface area contributed by atoms with Crippen molar-refractivity contribution in [2.24, 2.45) is 5.92 Å². The smallest absolute Gasteiger partial charge is 0.229 e. The lowest BCUT2D eigenvalue weighted by Gasteiger charge is -2.30. The summed E-state index contributed by atoms with van der Waals surface area (Å²) in [4.78, 5) is 12.5. The summed E-state index contributed by atoms with van der Waals surface area (Å²) in [6.45, 7) is 2.73. The first kappa shape index (κ1) is 22.5. The number of anilines is 1. The molecule has 0 atom stereocenters. The molecule has 3 rings (SSSR count). The van der Waals surface area contributed by atoms with Crippen LogP contribution in [0.15, 0.2) is 28.6 Å². The first-order valence-electron chi connectivity index (χ1n) is 9.37. The average Bonchev–Trinajstić information content (AvgIpc) is 3.15. The monoisotopic (exact) mass is 474 g/mol. The zero-order valence-electron chi connectivity index (χ0n) is 16.0. The molecule has 0 saturated carbocycles. The molecule has 1 amide bonds. The molecule has 2 aromatic rings. The number of nitrogens with zero attached hydrogens (tertiary/aromatic N) is 3. The van der Waals surface area contributed by atoms with Gasteiger partial charge in [-0.2, -0.15) is 0 Å². The number of halogens is 1. The highest BCUT2D eigenvalue weighted by atomic mass is 35.5. The Hall–Kier alpha value is -1.20. The minimum Gasteiger partial charge on any atom is -0.300 e. The topological polar surface area (TPSA) is 92.3 Å². The number of piperidine rings is 1. The van der Waals surface area contributed by atoms with Crippen LogP contribution in [0.1, 0.15) is 31.7 Å². The summed E-state index contributed by atoms with van der Waals surface area (Å²) in [6.07, 6.45) is 2.00. The lowest BCUT2D eigenvalue weighted by Crippen LogP contribution is -2.41. The number of amides is 1. The predicted molar refractivity (Wildman–Crippen MR) is 118 cm³/mol. The summed E-state index contributed by atoms with van der Waals surface area (Å²) in [6, 6.07) is 6.94. The van der Waals surface area contributed by atoms with E-state index in [-0.39, 0.29) is 17.6 Å². The number of rotatable bonds is 8. The van der Waals surface area contributed by atoms with E-state index in [9.17, 15) is 13.2 Å². The molecule has 0 unspecified atom stereocenters. The molecule has 1 N–H and O–H groups in total. The maximum Gasteiger partial charge on any atom is 0.229 e. The average molecular weight is 475 g/mol. The van der Waals surface area contributed by atoms with E-state index in [0.29, 0.717) is 41.6 Å². The van der Waals surface area contributed by atoms with Crippen LogP contribution in [0, 0.1) is 5.92 Å². The highest BCUT2D eigenvalue weighted by Crippen LogP contribution is 2.28. The van der Waals surface area contributed by atoms with Gasteiger partial charge in [0.05, 0.1) is 5.75 Å². The van der Waals surface area contributed by atoms with Crippen molar-refractivity contribution >= 4 is 55.8 Å². The zero-order valence-corrected chi connectivity index (χ0v) is 19.2. The molecular weight excluding hydrogens is 452 g/mol. The molecule has 2 heterocycles. The first-order valence-corrected chi connectivity index (χ1v) is 13.2.